The fraction of sp³-hybridized carbons (Fsp3) is 0.100. The molecule has 0 spiro atoms. The molecule has 0 aromatic heterocycles. The van der Waals surface area contributed by atoms with E-state index in [9.17, 15) is 22.0 Å². The maximum Gasteiger partial charge on any atom is 0.200 e. The Labute approximate surface area is 140 Å². The van der Waals surface area contributed by atoms with Crippen LogP contribution in [0.4, 0.5) is 22.0 Å². The second kappa shape index (κ2) is 5.41. The van der Waals surface area contributed by atoms with E-state index in [1.165, 1.54) is 6.08 Å². The molecular weight excluding hydrogens is 335 g/mol. The summed E-state index contributed by atoms with van der Waals surface area (Å²) in [5.74, 6) is -9.64. The Morgan fingerprint density at radius 2 is 1.40 bits per heavy atom. The molecule has 126 valence electrons. The van der Waals surface area contributed by atoms with Gasteiger partial charge in [0.1, 0.15) is 0 Å². The van der Waals surface area contributed by atoms with Crippen LogP contribution in [-0.4, -0.2) is 0 Å². The second-order valence-electron chi connectivity index (χ2n) is 5.97. The average Bonchev–Trinajstić information content (AvgIpc) is 3.28. The number of hydrogen-bond donors (Lipinski definition) is 0. The molecule has 0 radical (unpaired) electrons. The molecule has 0 nitrogen and oxygen atoms in total. The zero-order valence-electron chi connectivity index (χ0n) is 12.8. The van der Waals surface area contributed by atoms with Gasteiger partial charge < -0.3 is 0 Å². The Balaban J connectivity index is 2.14. The Morgan fingerprint density at radius 3 is 2.04 bits per heavy atom. The topological polar surface area (TPSA) is 0 Å². The maximum absolute atomic E-state index is 14.6. The smallest absolute Gasteiger partial charge is 0.200 e. The zero-order valence-corrected chi connectivity index (χ0v) is 12.8. The molecule has 0 N–H and O–H groups in total. The van der Waals surface area contributed by atoms with Crippen molar-refractivity contribution in [2.75, 3.05) is 0 Å². The molecule has 0 heterocycles. The SMILES string of the molecule is Fc1c(F)c(F)c(C2(C3=CCC=C3)C=Cc3ccccc32)c(F)c1F. The van der Waals surface area contributed by atoms with Crippen molar-refractivity contribution < 1.29 is 22.0 Å². The Kier molecular flexibility index (Phi) is 3.42. The highest BCUT2D eigenvalue weighted by Gasteiger charge is 2.46. The molecule has 5 heteroatoms. The summed E-state index contributed by atoms with van der Waals surface area (Å²) in [5.41, 5.74) is -0.754. The molecule has 2 aromatic carbocycles. The van der Waals surface area contributed by atoms with Crippen LogP contribution in [0.2, 0.25) is 0 Å². The van der Waals surface area contributed by atoms with Gasteiger partial charge in [-0.15, -0.1) is 0 Å². The molecule has 0 fully saturated rings. The maximum atomic E-state index is 14.6. The van der Waals surface area contributed by atoms with Crippen LogP contribution in [-0.2, 0) is 5.41 Å². The fourth-order valence-corrected chi connectivity index (χ4v) is 3.62. The molecule has 4 rings (SSSR count). The third kappa shape index (κ3) is 1.98. The normalized spacial score (nSPS) is 20.9. The van der Waals surface area contributed by atoms with E-state index < -0.39 is 40.1 Å². The minimum Gasteiger partial charge on any atom is -0.203 e. The molecule has 0 amide bonds. The molecule has 0 aliphatic heterocycles. The molecule has 2 aromatic rings. The van der Waals surface area contributed by atoms with Crippen LogP contribution in [0.1, 0.15) is 23.1 Å². The predicted octanol–water partition coefficient (Wildman–Crippen LogP) is 5.58. The van der Waals surface area contributed by atoms with Gasteiger partial charge in [-0.2, -0.15) is 0 Å². The van der Waals surface area contributed by atoms with E-state index in [1.807, 2.05) is 0 Å². The third-order valence-electron chi connectivity index (χ3n) is 4.73. The summed E-state index contributed by atoms with van der Waals surface area (Å²) in [6.07, 6.45) is 8.83. The van der Waals surface area contributed by atoms with Gasteiger partial charge in [-0.3, -0.25) is 0 Å². The Morgan fingerprint density at radius 1 is 0.760 bits per heavy atom. The van der Waals surface area contributed by atoms with E-state index in [4.69, 9.17) is 0 Å². The summed E-state index contributed by atoms with van der Waals surface area (Å²) in [4.78, 5) is 0. The summed E-state index contributed by atoms with van der Waals surface area (Å²) < 4.78 is 70.5. The van der Waals surface area contributed by atoms with Gasteiger partial charge in [0.25, 0.3) is 0 Å². The zero-order chi connectivity index (χ0) is 17.8. The van der Waals surface area contributed by atoms with Gasteiger partial charge in [-0.1, -0.05) is 54.6 Å². The van der Waals surface area contributed by atoms with Gasteiger partial charge in [0.05, 0.1) is 5.41 Å². The van der Waals surface area contributed by atoms with Crippen LogP contribution >= 0.6 is 0 Å². The van der Waals surface area contributed by atoms with Crippen molar-refractivity contribution in [1.29, 1.82) is 0 Å². The number of hydrogen-bond acceptors (Lipinski definition) is 0. The second-order valence-corrected chi connectivity index (χ2v) is 5.97. The summed E-state index contributed by atoms with van der Waals surface area (Å²) in [6, 6.07) is 6.79. The number of allylic oxidation sites excluding steroid dienone is 5. The van der Waals surface area contributed by atoms with Crippen molar-refractivity contribution in [1.82, 2.24) is 0 Å². The van der Waals surface area contributed by atoms with Crippen molar-refractivity contribution >= 4 is 6.08 Å². The third-order valence-corrected chi connectivity index (χ3v) is 4.73. The van der Waals surface area contributed by atoms with Gasteiger partial charge in [-0.25, -0.2) is 22.0 Å². The highest BCUT2D eigenvalue weighted by molar-refractivity contribution is 5.74. The lowest BCUT2D eigenvalue weighted by atomic mass is 9.70. The molecule has 0 saturated heterocycles. The standard InChI is InChI=1S/C20H11F5/c21-15-14(16(22)18(24)19(25)17(15)23)20(12-6-2-3-7-12)10-9-11-5-1-4-8-13(11)20/h1-2,4-10H,3H2. The largest absolute Gasteiger partial charge is 0.203 e. The number of fused-ring (bicyclic) bond motifs is 1. The lowest BCUT2D eigenvalue weighted by Gasteiger charge is -2.32. The summed E-state index contributed by atoms with van der Waals surface area (Å²) in [6.45, 7) is 0. The van der Waals surface area contributed by atoms with E-state index in [2.05, 4.69) is 0 Å². The number of halogens is 5. The Hall–Kier alpha value is -2.69. The molecule has 0 bridgehead atoms. The molecule has 2 aliphatic carbocycles. The van der Waals surface area contributed by atoms with Crippen LogP contribution in [0.15, 0.2) is 54.1 Å². The molecule has 2 aliphatic rings. The first-order valence-electron chi connectivity index (χ1n) is 7.66. The van der Waals surface area contributed by atoms with Crippen LogP contribution in [0.5, 0.6) is 0 Å². The van der Waals surface area contributed by atoms with E-state index in [-0.39, 0.29) is 0 Å². The van der Waals surface area contributed by atoms with Crippen molar-refractivity contribution in [3.05, 3.63) is 99.9 Å². The molecule has 1 unspecified atom stereocenters. The van der Waals surface area contributed by atoms with Crippen LogP contribution in [0.25, 0.3) is 6.08 Å². The molecule has 0 saturated carbocycles. The lowest BCUT2D eigenvalue weighted by molar-refractivity contribution is 0.364. The van der Waals surface area contributed by atoms with Crippen LogP contribution in [0, 0.1) is 29.1 Å². The van der Waals surface area contributed by atoms with Gasteiger partial charge in [0.15, 0.2) is 23.3 Å². The van der Waals surface area contributed by atoms with Gasteiger partial charge >= 0.3 is 0 Å². The van der Waals surface area contributed by atoms with Crippen LogP contribution < -0.4 is 0 Å². The predicted molar refractivity (Wildman–Crippen MR) is 84.3 cm³/mol. The summed E-state index contributed by atoms with van der Waals surface area (Å²) in [7, 11) is 0. The minimum atomic E-state index is -2.15. The number of rotatable bonds is 2. The first-order chi connectivity index (χ1) is 12.0. The quantitative estimate of drug-likeness (QED) is 0.378. The molecule has 1 atom stereocenters. The monoisotopic (exact) mass is 346 g/mol. The van der Waals surface area contributed by atoms with Crippen LogP contribution in [0.3, 0.4) is 0 Å². The first-order valence-corrected chi connectivity index (χ1v) is 7.66. The summed E-state index contributed by atoms with van der Waals surface area (Å²) in [5, 5.41) is 0. The van der Waals surface area contributed by atoms with E-state index in [1.54, 1.807) is 48.6 Å². The fourth-order valence-electron chi connectivity index (χ4n) is 3.62. The molecule has 25 heavy (non-hydrogen) atoms. The van der Waals surface area contributed by atoms with E-state index in [0.29, 0.717) is 23.1 Å². The van der Waals surface area contributed by atoms with Gasteiger partial charge in [-0.05, 0) is 23.1 Å². The Bertz CT molecular complexity index is 955. The van der Waals surface area contributed by atoms with Crippen molar-refractivity contribution in [3.63, 3.8) is 0 Å². The average molecular weight is 346 g/mol. The summed E-state index contributed by atoms with van der Waals surface area (Å²) >= 11 is 0. The first kappa shape index (κ1) is 15.8. The van der Waals surface area contributed by atoms with Crippen molar-refractivity contribution in [2.45, 2.75) is 11.8 Å². The van der Waals surface area contributed by atoms with E-state index in [0.717, 1.165) is 0 Å². The van der Waals surface area contributed by atoms with Crippen molar-refractivity contribution in [3.8, 4) is 0 Å². The van der Waals surface area contributed by atoms with Gasteiger partial charge in [0, 0.05) is 5.56 Å². The highest BCUT2D eigenvalue weighted by atomic mass is 19.2. The molecular formula is C20H11F5. The highest BCUT2D eigenvalue weighted by Crippen LogP contribution is 2.50. The number of benzene rings is 2. The lowest BCUT2D eigenvalue weighted by Crippen LogP contribution is -2.30. The van der Waals surface area contributed by atoms with Gasteiger partial charge in [0.2, 0.25) is 5.82 Å². The van der Waals surface area contributed by atoms with E-state index >= 15 is 0 Å². The minimum absolute atomic E-state index is 0.482. The van der Waals surface area contributed by atoms with Crippen molar-refractivity contribution in [2.24, 2.45) is 0 Å².